The molecule has 0 fully saturated rings. The van der Waals surface area contributed by atoms with Gasteiger partial charge in [0.2, 0.25) is 5.89 Å². The molecule has 3 aromatic rings. The molecule has 2 aromatic heterocycles. The number of benzene rings is 1. The van der Waals surface area contributed by atoms with Gasteiger partial charge in [0, 0.05) is 0 Å². The minimum atomic E-state index is -0.414. The van der Waals surface area contributed by atoms with Crippen LogP contribution < -0.4 is 0 Å². The summed E-state index contributed by atoms with van der Waals surface area (Å²) in [6, 6.07) is 11.8. The molecule has 0 aliphatic rings. The molecule has 3 rings (SSSR count). The minimum absolute atomic E-state index is 0.414. The Balaban J connectivity index is 1.91. The monoisotopic (exact) mass is 304 g/mol. The van der Waals surface area contributed by atoms with Gasteiger partial charge < -0.3 is 4.42 Å². The molecule has 0 aliphatic carbocycles. The van der Waals surface area contributed by atoms with Crippen molar-refractivity contribution in [3.05, 3.63) is 58.8 Å². The fourth-order valence-corrected chi connectivity index (χ4v) is 3.14. The standard InChI is InChI=1S/C15H13ClN2OS/c1-2-10-8-9-20-13(10)15-18-17-14(19-15)12(16)11-6-4-3-5-7-11/h3-9,12H,2H2,1H3. The molecular formula is C15H13ClN2OS. The maximum absolute atomic E-state index is 6.39. The van der Waals surface area contributed by atoms with Crippen molar-refractivity contribution in [3.8, 4) is 10.8 Å². The van der Waals surface area contributed by atoms with Gasteiger partial charge in [-0.05, 0) is 29.0 Å². The number of hydrogen-bond donors (Lipinski definition) is 0. The molecule has 0 radical (unpaired) electrons. The molecule has 1 aromatic carbocycles. The number of aryl methyl sites for hydroxylation is 1. The average Bonchev–Trinajstić information content (AvgIpc) is 3.15. The fourth-order valence-electron chi connectivity index (χ4n) is 2.00. The number of thiophene rings is 1. The van der Waals surface area contributed by atoms with Crippen LogP contribution in [0.2, 0.25) is 0 Å². The highest BCUT2D eigenvalue weighted by molar-refractivity contribution is 7.13. The molecule has 5 heteroatoms. The summed E-state index contributed by atoms with van der Waals surface area (Å²) in [4.78, 5) is 1.03. The first-order valence-corrected chi connectivity index (χ1v) is 7.70. The predicted molar refractivity (Wildman–Crippen MR) is 81.1 cm³/mol. The van der Waals surface area contributed by atoms with Crippen molar-refractivity contribution in [1.29, 1.82) is 0 Å². The summed E-state index contributed by atoms with van der Waals surface area (Å²) in [7, 11) is 0. The van der Waals surface area contributed by atoms with E-state index in [4.69, 9.17) is 16.0 Å². The lowest BCUT2D eigenvalue weighted by Gasteiger charge is -2.03. The topological polar surface area (TPSA) is 38.9 Å². The third-order valence-electron chi connectivity index (χ3n) is 3.07. The Labute approximate surface area is 126 Å². The third kappa shape index (κ3) is 2.49. The molecule has 0 N–H and O–H groups in total. The van der Waals surface area contributed by atoms with Gasteiger partial charge in [0.15, 0.2) is 0 Å². The lowest BCUT2D eigenvalue weighted by Crippen LogP contribution is -1.92. The average molecular weight is 305 g/mol. The quantitative estimate of drug-likeness (QED) is 0.656. The Morgan fingerprint density at radius 2 is 2.00 bits per heavy atom. The Hall–Kier alpha value is -1.65. The lowest BCUT2D eigenvalue weighted by atomic mass is 10.1. The van der Waals surface area contributed by atoms with Gasteiger partial charge in [0.1, 0.15) is 5.38 Å². The molecule has 0 spiro atoms. The van der Waals surface area contributed by atoms with E-state index in [-0.39, 0.29) is 0 Å². The van der Waals surface area contributed by atoms with Crippen LogP contribution in [-0.4, -0.2) is 10.2 Å². The smallest absolute Gasteiger partial charge is 0.258 e. The molecule has 1 atom stereocenters. The van der Waals surface area contributed by atoms with Crippen LogP contribution in [0.15, 0.2) is 46.2 Å². The second-order valence-corrected chi connectivity index (χ2v) is 5.70. The number of alkyl halides is 1. The van der Waals surface area contributed by atoms with Crippen molar-refractivity contribution in [1.82, 2.24) is 10.2 Å². The van der Waals surface area contributed by atoms with E-state index < -0.39 is 5.38 Å². The predicted octanol–water partition coefficient (Wildman–Crippen LogP) is 4.69. The second kappa shape index (κ2) is 5.77. The molecular weight excluding hydrogens is 292 g/mol. The van der Waals surface area contributed by atoms with E-state index in [1.54, 1.807) is 11.3 Å². The summed E-state index contributed by atoms with van der Waals surface area (Å²) in [5.41, 5.74) is 2.17. The zero-order valence-corrected chi connectivity index (χ0v) is 12.5. The molecule has 0 saturated carbocycles. The van der Waals surface area contributed by atoms with Gasteiger partial charge in [-0.3, -0.25) is 0 Å². The highest BCUT2D eigenvalue weighted by Crippen LogP contribution is 2.33. The van der Waals surface area contributed by atoms with E-state index in [1.807, 2.05) is 35.7 Å². The van der Waals surface area contributed by atoms with Gasteiger partial charge >= 0.3 is 0 Å². The van der Waals surface area contributed by atoms with E-state index in [9.17, 15) is 0 Å². The molecule has 2 heterocycles. The summed E-state index contributed by atoms with van der Waals surface area (Å²) in [6.07, 6.45) is 0.944. The zero-order valence-electron chi connectivity index (χ0n) is 10.9. The summed E-state index contributed by atoms with van der Waals surface area (Å²) >= 11 is 8.00. The van der Waals surface area contributed by atoms with E-state index in [2.05, 4.69) is 23.2 Å². The molecule has 1 unspecified atom stereocenters. The van der Waals surface area contributed by atoms with E-state index in [1.165, 1.54) is 5.56 Å². The first-order valence-electron chi connectivity index (χ1n) is 6.38. The van der Waals surface area contributed by atoms with Gasteiger partial charge in [-0.25, -0.2) is 0 Å². The highest BCUT2D eigenvalue weighted by atomic mass is 35.5. The van der Waals surface area contributed by atoms with Crippen molar-refractivity contribution >= 4 is 22.9 Å². The van der Waals surface area contributed by atoms with Gasteiger partial charge in [0.05, 0.1) is 4.88 Å². The number of halogens is 1. The van der Waals surface area contributed by atoms with Crippen molar-refractivity contribution < 1.29 is 4.42 Å². The van der Waals surface area contributed by atoms with Gasteiger partial charge in [0.25, 0.3) is 5.89 Å². The van der Waals surface area contributed by atoms with Gasteiger partial charge in [-0.2, -0.15) is 0 Å². The van der Waals surface area contributed by atoms with Crippen molar-refractivity contribution in [2.24, 2.45) is 0 Å². The van der Waals surface area contributed by atoms with Crippen molar-refractivity contribution in [2.75, 3.05) is 0 Å². The van der Waals surface area contributed by atoms with E-state index in [0.717, 1.165) is 16.9 Å². The van der Waals surface area contributed by atoms with Crippen LogP contribution in [0.25, 0.3) is 10.8 Å². The van der Waals surface area contributed by atoms with E-state index >= 15 is 0 Å². The second-order valence-electron chi connectivity index (χ2n) is 4.35. The highest BCUT2D eigenvalue weighted by Gasteiger charge is 2.20. The SMILES string of the molecule is CCc1ccsc1-c1nnc(C(Cl)c2ccccc2)o1. The van der Waals surface area contributed by atoms with Crippen LogP contribution in [0.4, 0.5) is 0 Å². The molecule has 0 saturated heterocycles. The van der Waals surface area contributed by atoms with Crippen LogP contribution in [0.1, 0.15) is 29.3 Å². The summed E-state index contributed by atoms with van der Waals surface area (Å²) in [5, 5.41) is 9.83. The number of rotatable bonds is 4. The van der Waals surface area contributed by atoms with Crippen LogP contribution in [0, 0.1) is 0 Å². The molecule has 20 heavy (non-hydrogen) atoms. The molecule has 3 nitrogen and oxygen atoms in total. The molecule has 102 valence electrons. The lowest BCUT2D eigenvalue weighted by molar-refractivity contribution is 0.514. The Morgan fingerprint density at radius 1 is 1.20 bits per heavy atom. The maximum Gasteiger partial charge on any atom is 0.258 e. The molecule has 0 amide bonds. The van der Waals surface area contributed by atoms with Crippen molar-refractivity contribution in [2.45, 2.75) is 18.7 Å². The van der Waals surface area contributed by atoms with E-state index in [0.29, 0.717) is 11.8 Å². The van der Waals surface area contributed by atoms with Crippen LogP contribution in [0.3, 0.4) is 0 Å². The van der Waals surface area contributed by atoms with Crippen LogP contribution in [-0.2, 0) is 6.42 Å². The normalized spacial score (nSPS) is 12.5. The first-order chi connectivity index (χ1) is 9.79. The third-order valence-corrected chi connectivity index (χ3v) is 4.45. The number of aromatic nitrogens is 2. The largest absolute Gasteiger partial charge is 0.418 e. The summed E-state index contributed by atoms with van der Waals surface area (Å²) < 4.78 is 5.74. The summed E-state index contributed by atoms with van der Waals surface area (Å²) in [5.74, 6) is 0.983. The van der Waals surface area contributed by atoms with Gasteiger partial charge in [-0.1, -0.05) is 37.3 Å². The van der Waals surface area contributed by atoms with Crippen LogP contribution in [0.5, 0.6) is 0 Å². The molecule has 0 aliphatic heterocycles. The Morgan fingerprint density at radius 3 is 2.75 bits per heavy atom. The van der Waals surface area contributed by atoms with Crippen LogP contribution >= 0.6 is 22.9 Å². The zero-order chi connectivity index (χ0) is 13.9. The Kier molecular flexibility index (Phi) is 3.85. The summed E-state index contributed by atoms with van der Waals surface area (Å²) in [6.45, 7) is 2.11. The maximum atomic E-state index is 6.39. The van der Waals surface area contributed by atoms with Gasteiger partial charge in [-0.15, -0.1) is 33.1 Å². The molecule has 0 bridgehead atoms. The minimum Gasteiger partial charge on any atom is -0.418 e. The fraction of sp³-hybridized carbons (Fsp3) is 0.200. The van der Waals surface area contributed by atoms with Crippen molar-refractivity contribution in [3.63, 3.8) is 0 Å². The number of nitrogens with zero attached hydrogens (tertiary/aromatic N) is 2. The Bertz CT molecular complexity index is 693. The number of hydrogen-bond acceptors (Lipinski definition) is 4. The first kappa shape index (κ1) is 13.3.